The molecule has 0 aliphatic heterocycles. The summed E-state index contributed by atoms with van der Waals surface area (Å²) in [5, 5.41) is 3.01. The van der Waals surface area contributed by atoms with Gasteiger partial charge in [0.1, 0.15) is 5.75 Å². The van der Waals surface area contributed by atoms with Crippen LogP contribution in [0.5, 0.6) is 5.75 Å². The Kier molecular flexibility index (Phi) is 5.21. The summed E-state index contributed by atoms with van der Waals surface area (Å²) in [7, 11) is 0. The molecule has 22 heavy (non-hydrogen) atoms. The number of rotatable bonds is 5. The number of anilines is 1. The number of aryl methyl sites for hydroxylation is 3. The number of hydrogen-bond acceptors (Lipinski definition) is 2. The summed E-state index contributed by atoms with van der Waals surface area (Å²) >= 11 is 0. The summed E-state index contributed by atoms with van der Waals surface area (Å²) in [5.74, 6) is 0.647. The second-order valence-corrected chi connectivity index (χ2v) is 5.54. The predicted octanol–water partition coefficient (Wildman–Crippen LogP) is 4.41. The molecule has 1 unspecified atom stereocenters. The molecule has 0 bridgehead atoms. The van der Waals surface area contributed by atoms with Crippen molar-refractivity contribution >= 4 is 11.6 Å². The van der Waals surface area contributed by atoms with Crippen molar-refractivity contribution in [1.29, 1.82) is 0 Å². The lowest BCUT2D eigenvalue weighted by Gasteiger charge is -2.20. The Balaban J connectivity index is 2.14. The first-order chi connectivity index (χ1) is 10.5. The molecule has 1 atom stereocenters. The van der Waals surface area contributed by atoms with Gasteiger partial charge in [0.25, 0.3) is 5.91 Å². The highest BCUT2D eigenvalue weighted by Crippen LogP contribution is 2.22. The third-order valence-corrected chi connectivity index (χ3v) is 3.76. The average Bonchev–Trinajstić information content (AvgIpc) is 2.50. The fourth-order valence-electron chi connectivity index (χ4n) is 2.38. The molecule has 0 saturated carbocycles. The maximum Gasteiger partial charge on any atom is 0.265 e. The summed E-state index contributed by atoms with van der Waals surface area (Å²) in [6.45, 7) is 7.91. The zero-order chi connectivity index (χ0) is 16.1. The lowest BCUT2D eigenvalue weighted by molar-refractivity contribution is -0.122. The SMILES string of the molecule is CCC(Oc1ccccc1C)C(=O)Nc1c(C)cccc1C. The number of nitrogens with one attached hydrogen (secondary N) is 1. The van der Waals surface area contributed by atoms with Crippen molar-refractivity contribution in [3.8, 4) is 5.75 Å². The molecule has 0 aromatic heterocycles. The van der Waals surface area contributed by atoms with Gasteiger partial charge in [0.05, 0.1) is 0 Å². The minimum absolute atomic E-state index is 0.108. The smallest absolute Gasteiger partial charge is 0.265 e. The second kappa shape index (κ2) is 7.12. The van der Waals surface area contributed by atoms with E-state index in [2.05, 4.69) is 5.32 Å². The Labute approximate surface area is 132 Å². The summed E-state index contributed by atoms with van der Waals surface area (Å²) in [6.07, 6.45) is 0.116. The fraction of sp³-hybridized carbons (Fsp3) is 0.316. The first-order valence-corrected chi connectivity index (χ1v) is 7.62. The monoisotopic (exact) mass is 297 g/mol. The number of para-hydroxylation sites is 2. The summed E-state index contributed by atoms with van der Waals surface area (Å²) in [4.78, 5) is 12.5. The van der Waals surface area contributed by atoms with Crippen LogP contribution in [0.3, 0.4) is 0 Å². The Morgan fingerprint density at radius 2 is 1.59 bits per heavy atom. The Bertz CT molecular complexity index is 644. The van der Waals surface area contributed by atoms with Gasteiger partial charge < -0.3 is 10.1 Å². The van der Waals surface area contributed by atoms with Crippen LogP contribution >= 0.6 is 0 Å². The molecule has 0 fully saturated rings. The van der Waals surface area contributed by atoms with Crippen molar-refractivity contribution in [2.45, 2.75) is 40.2 Å². The van der Waals surface area contributed by atoms with Crippen molar-refractivity contribution in [2.24, 2.45) is 0 Å². The highest BCUT2D eigenvalue weighted by molar-refractivity contribution is 5.95. The van der Waals surface area contributed by atoms with Crippen LogP contribution in [-0.2, 0) is 4.79 Å². The molecule has 0 heterocycles. The summed E-state index contributed by atoms with van der Waals surface area (Å²) in [6, 6.07) is 13.7. The van der Waals surface area contributed by atoms with E-state index in [1.165, 1.54) is 0 Å². The Hall–Kier alpha value is -2.29. The van der Waals surface area contributed by atoms with Gasteiger partial charge in [-0.15, -0.1) is 0 Å². The van der Waals surface area contributed by atoms with Crippen molar-refractivity contribution in [3.63, 3.8) is 0 Å². The molecule has 0 radical (unpaired) electrons. The minimum Gasteiger partial charge on any atom is -0.480 e. The zero-order valence-electron chi connectivity index (χ0n) is 13.6. The van der Waals surface area contributed by atoms with Crippen molar-refractivity contribution in [2.75, 3.05) is 5.32 Å². The molecule has 1 amide bonds. The third kappa shape index (κ3) is 3.67. The van der Waals surface area contributed by atoms with Gasteiger partial charge in [-0.25, -0.2) is 0 Å². The van der Waals surface area contributed by atoms with E-state index in [1.807, 2.05) is 70.2 Å². The molecule has 2 aromatic carbocycles. The first-order valence-electron chi connectivity index (χ1n) is 7.62. The van der Waals surface area contributed by atoms with Crippen LogP contribution in [0.15, 0.2) is 42.5 Å². The molecule has 3 nitrogen and oxygen atoms in total. The predicted molar refractivity (Wildman–Crippen MR) is 90.4 cm³/mol. The number of hydrogen-bond donors (Lipinski definition) is 1. The van der Waals surface area contributed by atoms with Gasteiger partial charge in [0, 0.05) is 5.69 Å². The molecule has 0 spiro atoms. The Morgan fingerprint density at radius 3 is 2.18 bits per heavy atom. The largest absolute Gasteiger partial charge is 0.480 e. The van der Waals surface area contributed by atoms with Gasteiger partial charge in [0.2, 0.25) is 0 Å². The van der Waals surface area contributed by atoms with E-state index < -0.39 is 6.10 Å². The number of carbonyl (C=O) groups excluding carboxylic acids is 1. The zero-order valence-corrected chi connectivity index (χ0v) is 13.6. The minimum atomic E-state index is -0.500. The Morgan fingerprint density at radius 1 is 1.00 bits per heavy atom. The van der Waals surface area contributed by atoms with Crippen LogP contribution in [0.4, 0.5) is 5.69 Å². The van der Waals surface area contributed by atoms with Crippen LogP contribution in [0, 0.1) is 20.8 Å². The maximum atomic E-state index is 12.5. The van der Waals surface area contributed by atoms with Crippen LogP contribution < -0.4 is 10.1 Å². The molecule has 2 aromatic rings. The first kappa shape index (κ1) is 16.1. The van der Waals surface area contributed by atoms with E-state index in [-0.39, 0.29) is 5.91 Å². The molecular formula is C19H23NO2. The lowest BCUT2D eigenvalue weighted by Crippen LogP contribution is -2.33. The third-order valence-electron chi connectivity index (χ3n) is 3.76. The van der Waals surface area contributed by atoms with Crippen LogP contribution in [0.1, 0.15) is 30.0 Å². The highest BCUT2D eigenvalue weighted by atomic mass is 16.5. The van der Waals surface area contributed by atoms with E-state index >= 15 is 0 Å². The quantitative estimate of drug-likeness (QED) is 0.888. The van der Waals surface area contributed by atoms with E-state index in [9.17, 15) is 4.79 Å². The van der Waals surface area contributed by atoms with E-state index in [1.54, 1.807) is 0 Å². The van der Waals surface area contributed by atoms with Crippen LogP contribution in [0.2, 0.25) is 0 Å². The number of carbonyl (C=O) groups is 1. The summed E-state index contributed by atoms with van der Waals surface area (Å²) in [5.41, 5.74) is 4.01. The van der Waals surface area contributed by atoms with Crippen LogP contribution in [0.25, 0.3) is 0 Å². The van der Waals surface area contributed by atoms with Crippen molar-refractivity contribution < 1.29 is 9.53 Å². The molecular weight excluding hydrogens is 274 g/mol. The van der Waals surface area contributed by atoms with E-state index in [0.29, 0.717) is 6.42 Å². The molecule has 1 N–H and O–H groups in total. The van der Waals surface area contributed by atoms with Gasteiger partial charge >= 0.3 is 0 Å². The standard InChI is InChI=1S/C19H23NO2/c1-5-16(22-17-12-7-6-9-13(17)2)19(21)20-18-14(3)10-8-11-15(18)4/h6-12,16H,5H2,1-4H3,(H,20,21). The van der Waals surface area contributed by atoms with E-state index in [0.717, 1.165) is 28.1 Å². The van der Waals surface area contributed by atoms with E-state index in [4.69, 9.17) is 4.74 Å². The normalized spacial score (nSPS) is 11.8. The maximum absolute atomic E-state index is 12.5. The van der Waals surface area contributed by atoms with Crippen molar-refractivity contribution in [3.05, 3.63) is 59.2 Å². The highest BCUT2D eigenvalue weighted by Gasteiger charge is 2.20. The van der Waals surface area contributed by atoms with Crippen LogP contribution in [-0.4, -0.2) is 12.0 Å². The fourth-order valence-corrected chi connectivity index (χ4v) is 2.38. The number of benzene rings is 2. The molecule has 2 rings (SSSR count). The second-order valence-electron chi connectivity index (χ2n) is 5.54. The van der Waals surface area contributed by atoms with Gasteiger partial charge in [0.15, 0.2) is 6.10 Å². The van der Waals surface area contributed by atoms with Gasteiger partial charge in [-0.1, -0.05) is 43.3 Å². The van der Waals surface area contributed by atoms with Gasteiger partial charge in [-0.3, -0.25) is 4.79 Å². The summed E-state index contributed by atoms with van der Waals surface area (Å²) < 4.78 is 5.90. The number of amides is 1. The number of ether oxygens (including phenoxy) is 1. The van der Waals surface area contributed by atoms with Crippen molar-refractivity contribution in [1.82, 2.24) is 0 Å². The molecule has 0 aliphatic rings. The average molecular weight is 297 g/mol. The molecule has 0 saturated heterocycles. The topological polar surface area (TPSA) is 38.3 Å². The lowest BCUT2D eigenvalue weighted by atomic mass is 10.1. The molecule has 3 heteroatoms. The molecule has 0 aliphatic carbocycles. The van der Waals surface area contributed by atoms with Gasteiger partial charge in [-0.2, -0.15) is 0 Å². The molecule has 116 valence electrons. The van der Waals surface area contributed by atoms with Gasteiger partial charge in [-0.05, 0) is 49.9 Å².